The van der Waals surface area contributed by atoms with Crippen molar-refractivity contribution in [2.45, 2.75) is 78.0 Å². The molecule has 2 atom stereocenters. The minimum absolute atomic E-state index is 0.243. The molecule has 2 heterocycles. The number of carbonyl (C=O) groups is 1. The zero-order chi connectivity index (χ0) is 27.4. The highest BCUT2D eigenvalue weighted by Gasteiger charge is 2.54. The molecule has 0 bridgehead atoms. The molecule has 208 valence electrons. The van der Waals surface area contributed by atoms with Gasteiger partial charge in [-0.2, -0.15) is 0 Å². The van der Waals surface area contributed by atoms with Crippen molar-refractivity contribution in [3.63, 3.8) is 0 Å². The number of methoxy groups -OCH3 is 3. The molecule has 0 aliphatic carbocycles. The van der Waals surface area contributed by atoms with Crippen LogP contribution in [0.4, 0.5) is 4.79 Å². The molecule has 1 aromatic heterocycles. The lowest BCUT2D eigenvalue weighted by atomic mass is 9.84. The van der Waals surface area contributed by atoms with Crippen LogP contribution in [0.25, 0.3) is 10.9 Å². The molecule has 37 heavy (non-hydrogen) atoms. The maximum atomic E-state index is 13.3. The van der Waals surface area contributed by atoms with E-state index in [0.29, 0.717) is 18.4 Å². The molecule has 0 saturated carbocycles. The fourth-order valence-electron chi connectivity index (χ4n) is 5.21. The van der Waals surface area contributed by atoms with E-state index in [4.69, 9.17) is 23.7 Å². The van der Waals surface area contributed by atoms with Gasteiger partial charge in [-0.05, 0) is 81.5 Å². The number of carbonyl (C=O) groups excluding carboxylic acids is 1. The Morgan fingerprint density at radius 1 is 1.19 bits per heavy atom. The van der Waals surface area contributed by atoms with Gasteiger partial charge in [0.2, 0.25) is 0 Å². The third-order valence-corrected chi connectivity index (χ3v) is 7.17. The van der Waals surface area contributed by atoms with Crippen LogP contribution in [0.3, 0.4) is 0 Å². The molecule has 1 aliphatic heterocycles. The Morgan fingerprint density at radius 2 is 1.89 bits per heavy atom. The highest BCUT2D eigenvalue weighted by atomic mass is 16.9. The topological polar surface area (TPSA) is 71.4 Å². The van der Waals surface area contributed by atoms with Crippen molar-refractivity contribution < 1.29 is 28.5 Å². The van der Waals surface area contributed by atoms with Gasteiger partial charge in [-0.3, -0.25) is 0 Å². The van der Waals surface area contributed by atoms with E-state index in [-0.39, 0.29) is 6.04 Å². The van der Waals surface area contributed by atoms with Gasteiger partial charge in [0.05, 0.1) is 12.6 Å². The van der Waals surface area contributed by atoms with Crippen LogP contribution in [-0.2, 0) is 43.6 Å². The second-order valence-electron chi connectivity index (χ2n) is 11.4. The number of aromatic nitrogens is 1. The molecule has 1 aromatic carbocycles. The van der Waals surface area contributed by atoms with Gasteiger partial charge in [0, 0.05) is 52.1 Å². The molecular weight excluding hydrogens is 472 g/mol. The normalized spacial score (nSPS) is 18.6. The van der Waals surface area contributed by atoms with E-state index in [9.17, 15) is 4.79 Å². The van der Waals surface area contributed by atoms with Crippen molar-refractivity contribution in [1.82, 2.24) is 9.47 Å². The molecule has 1 amide bonds. The standard InChI is InChI=1S/C29H46N2O6/c1-20(2)23(15-21-12-13-26-25(16-21)22(18-30(26)6)11-10-14-33-7)17-24-19-36-29(34-8,35-9)31(24)27(32)37-28(3,4)5/h12-13,16,18,20,23-24H,10-11,14-15,17,19H2,1-9H3. The first kappa shape index (κ1) is 29.4. The van der Waals surface area contributed by atoms with Crippen molar-refractivity contribution in [2.24, 2.45) is 18.9 Å². The van der Waals surface area contributed by atoms with Gasteiger partial charge in [0.1, 0.15) is 5.60 Å². The second kappa shape index (κ2) is 12.2. The first-order valence-electron chi connectivity index (χ1n) is 13.3. The first-order chi connectivity index (χ1) is 17.4. The number of amides is 1. The molecule has 0 radical (unpaired) electrons. The Labute approximate surface area is 222 Å². The summed E-state index contributed by atoms with van der Waals surface area (Å²) in [5, 5.41) is 1.30. The molecule has 1 saturated heterocycles. The highest BCUT2D eigenvalue weighted by Crippen LogP contribution is 2.36. The van der Waals surface area contributed by atoms with E-state index in [1.54, 1.807) is 7.11 Å². The minimum atomic E-state index is -1.59. The van der Waals surface area contributed by atoms with Gasteiger partial charge in [0.25, 0.3) is 0 Å². The quantitative estimate of drug-likeness (QED) is 0.289. The molecule has 2 aromatic rings. The van der Waals surface area contributed by atoms with Crippen LogP contribution in [0.1, 0.15) is 58.6 Å². The Balaban J connectivity index is 1.84. The van der Waals surface area contributed by atoms with E-state index < -0.39 is 17.8 Å². The van der Waals surface area contributed by atoms with Crippen LogP contribution in [0.15, 0.2) is 24.4 Å². The van der Waals surface area contributed by atoms with Gasteiger partial charge in [-0.25, -0.2) is 9.69 Å². The van der Waals surface area contributed by atoms with E-state index in [0.717, 1.165) is 32.3 Å². The summed E-state index contributed by atoms with van der Waals surface area (Å²) in [7, 11) is 6.79. The lowest BCUT2D eigenvalue weighted by molar-refractivity contribution is -0.392. The Bertz CT molecular complexity index is 1040. The number of aryl methyl sites for hydroxylation is 2. The number of ether oxygens (including phenoxy) is 5. The van der Waals surface area contributed by atoms with Crippen LogP contribution < -0.4 is 0 Å². The van der Waals surface area contributed by atoms with Crippen molar-refractivity contribution in [2.75, 3.05) is 34.5 Å². The maximum Gasteiger partial charge on any atom is 0.416 e. The van der Waals surface area contributed by atoms with Crippen LogP contribution >= 0.6 is 0 Å². The van der Waals surface area contributed by atoms with Gasteiger partial charge < -0.3 is 28.3 Å². The zero-order valence-electron chi connectivity index (χ0n) is 24.1. The zero-order valence-corrected chi connectivity index (χ0v) is 24.1. The molecule has 3 rings (SSSR count). The summed E-state index contributed by atoms with van der Waals surface area (Å²) in [6.45, 7) is 11.1. The average Bonchev–Trinajstić information content (AvgIpc) is 3.35. The second-order valence-corrected chi connectivity index (χ2v) is 11.4. The van der Waals surface area contributed by atoms with E-state index in [1.165, 1.54) is 41.1 Å². The molecule has 8 heteroatoms. The lowest BCUT2D eigenvalue weighted by Gasteiger charge is -2.37. The fourth-order valence-corrected chi connectivity index (χ4v) is 5.21. The van der Waals surface area contributed by atoms with Crippen LogP contribution in [-0.4, -0.2) is 67.8 Å². The highest BCUT2D eigenvalue weighted by molar-refractivity contribution is 5.84. The predicted octanol–water partition coefficient (Wildman–Crippen LogP) is 5.50. The monoisotopic (exact) mass is 518 g/mol. The summed E-state index contributed by atoms with van der Waals surface area (Å²) in [6, 6.07) is 6.53. The van der Waals surface area contributed by atoms with Crippen molar-refractivity contribution in [3.05, 3.63) is 35.5 Å². The van der Waals surface area contributed by atoms with Crippen LogP contribution in [0.2, 0.25) is 0 Å². The summed E-state index contributed by atoms with van der Waals surface area (Å²) in [6.07, 6.45) is 3.75. The van der Waals surface area contributed by atoms with Gasteiger partial charge >= 0.3 is 12.2 Å². The van der Waals surface area contributed by atoms with Gasteiger partial charge in [-0.15, -0.1) is 0 Å². The lowest BCUT2D eigenvalue weighted by Crippen LogP contribution is -2.55. The third-order valence-electron chi connectivity index (χ3n) is 7.17. The third kappa shape index (κ3) is 6.85. The molecule has 2 unspecified atom stereocenters. The summed E-state index contributed by atoms with van der Waals surface area (Å²) in [5.41, 5.74) is 3.23. The fraction of sp³-hybridized carbons (Fsp3) is 0.690. The number of hydrogen-bond acceptors (Lipinski definition) is 6. The molecular formula is C29H46N2O6. The number of benzene rings is 1. The summed E-state index contributed by atoms with van der Waals surface area (Å²) >= 11 is 0. The molecule has 0 spiro atoms. The van der Waals surface area contributed by atoms with E-state index >= 15 is 0 Å². The minimum Gasteiger partial charge on any atom is -0.444 e. The number of rotatable bonds is 11. The van der Waals surface area contributed by atoms with Crippen molar-refractivity contribution >= 4 is 17.0 Å². The summed E-state index contributed by atoms with van der Waals surface area (Å²) in [5.74, 6) is 0.703. The molecule has 1 fully saturated rings. The smallest absolute Gasteiger partial charge is 0.416 e. The largest absolute Gasteiger partial charge is 0.444 e. The number of hydrogen-bond donors (Lipinski definition) is 0. The van der Waals surface area contributed by atoms with Crippen LogP contribution in [0, 0.1) is 11.8 Å². The maximum absolute atomic E-state index is 13.3. The van der Waals surface area contributed by atoms with E-state index in [1.807, 2.05) is 20.8 Å². The first-order valence-corrected chi connectivity index (χ1v) is 13.3. The van der Waals surface area contributed by atoms with Gasteiger partial charge in [0.15, 0.2) is 0 Å². The molecule has 1 aliphatic rings. The van der Waals surface area contributed by atoms with Gasteiger partial charge in [-0.1, -0.05) is 19.9 Å². The Kier molecular flexibility index (Phi) is 9.67. The summed E-state index contributed by atoms with van der Waals surface area (Å²) in [4.78, 5) is 14.7. The van der Waals surface area contributed by atoms with E-state index in [2.05, 4.69) is 49.9 Å². The van der Waals surface area contributed by atoms with Crippen molar-refractivity contribution in [1.29, 1.82) is 0 Å². The Hall–Kier alpha value is -2.13. The van der Waals surface area contributed by atoms with Crippen molar-refractivity contribution in [3.8, 4) is 0 Å². The van der Waals surface area contributed by atoms with Crippen LogP contribution in [0.5, 0.6) is 0 Å². The predicted molar refractivity (Wildman–Crippen MR) is 144 cm³/mol. The summed E-state index contributed by atoms with van der Waals surface area (Å²) < 4.78 is 30.2. The average molecular weight is 519 g/mol. The Morgan fingerprint density at radius 3 is 2.49 bits per heavy atom. The SMILES string of the molecule is COCCCc1cn(C)c2ccc(CC(CC3COC(OC)(OC)N3C(=O)OC(C)(C)C)C(C)C)cc12. The number of nitrogens with zero attached hydrogens (tertiary/aromatic N) is 2. The number of fused-ring (bicyclic) bond motifs is 1. The molecule has 0 N–H and O–H groups in total. The molecule has 8 nitrogen and oxygen atoms in total.